The molecule has 1 atom stereocenters. The third-order valence-corrected chi connectivity index (χ3v) is 3.44. The molecule has 0 bridgehead atoms. The number of aromatic nitrogens is 1. The molecule has 100 valence electrons. The minimum Gasteiger partial charge on any atom is -0.383 e. The first kappa shape index (κ1) is 13.3. The normalized spacial score (nSPS) is 20.2. The van der Waals surface area contributed by atoms with Crippen LogP contribution in [0.1, 0.15) is 12.1 Å². The van der Waals surface area contributed by atoms with Crippen molar-refractivity contribution in [3.05, 3.63) is 23.9 Å². The first-order chi connectivity index (χ1) is 8.78. The summed E-state index contributed by atoms with van der Waals surface area (Å²) in [4.78, 5) is 6.93. The molecular formula is C14H23N3O. The first-order valence-electron chi connectivity index (χ1n) is 6.67. The van der Waals surface area contributed by atoms with Gasteiger partial charge in [-0.05, 0) is 37.9 Å². The lowest BCUT2D eigenvalue weighted by Crippen LogP contribution is -2.26. The largest absolute Gasteiger partial charge is 0.383 e. The van der Waals surface area contributed by atoms with Gasteiger partial charge in [0.25, 0.3) is 0 Å². The maximum atomic E-state index is 5.11. The molecule has 0 unspecified atom stereocenters. The monoisotopic (exact) mass is 249 g/mol. The van der Waals surface area contributed by atoms with Gasteiger partial charge < -0.3 is 15.0 Å². The van der Waals surface area contributed by atoms with Crippen molar-refractivity contribution < 1.29 is 4.74 Å². The molecule has 0 spiro atoms. The third-order valence-electron chi connectivity index (χ3n) is 3.44. The minimum absolute atomic E-state index is 0.726. The highest BCUT2D eigenvalue weighted by molar-refractivity contribution is 5.35. The van der Waals surface area contributed by atoms with Crippen molar-refractivity contribution in [2.45, 2.75) is 13.3 Å². The number of hydrogen-bond donors (Lipinski definition) is 1. The van der Waals surface area contributed by atoms with Crippen LogP contribution in [0.5, 0.6) is 0 Å². The SMILES string of the molecule is COCCN1CC[C@@H](CNc2cccc(C)n2)C1. The van der Waals surface area contributed by atoms with E-state index in [-0.39, 0.29) is 0 Å². The lowest BCUT2D eigenvalue weighted by Gasteiger charge is -2.15. The Kier molecular flexibility index (Phi) is 4.96. The van der Waals surface area contributed by atoms with Crippen molar-refractivity contribution in [2.75, 3.05) is 45.2 Å². The average molecular weight is 249 g/mol. The number of pyridine rings is 1. The minimum atomic E-state index is 0.726. The Labute approximate surface area is 109 Å². The van der Waals surface area contributed by atoms with E-state index < -0.39 is 0 Å². The lowest BCUT2D eigenvalue weighted by molar-refractivity contribution is 0.159. The molecule has 1 aliphatic rings. The molecule has 1 aromatic heterocycles. The third kappa shape index (κ3) is 3.96. The number of hydrogen-bond acceptors (Lipinski definition) is 4. The molecule has 1 N–H and O–H groups in total. The Morgan fingerprint density at radius 3 is 3.17 bits per heavy atom. The summed E-state index contributed by atoms with van der Waals surface area (Å²) in [6.07, 6.45) is 1.27. The summed E-state index contributed by atoms with van der Waals surface area (Å²) in [5.74, 6) is 1.72. The van der Waals surface area contributed by atoms with Crippen LogP contribution in [0.15, 0.2) is 18.2 Å². The van der Waals surface area contributed by atoms with Crippen molar-refractivity contribution in [1.29, 1.82) is 0 Å². The van der Waals surface area contributed by atoms with E-state index in [0.29, 0.717) is 0 Å². The topological polar surface area (TPSA) is 37.4 Å². The van der Waals surface area contributed by atoms with Gasteiger partial charge in [0, 0.05) is 32.4 Å². The first-order valence-corrected chi connectivity index (χ1v) is 6.67. The second-order valence-electron chi connectivity index (χ2n) is 4.99. The van der Waals surface area contributed by atoms with Crippen molar-refractivity contribution in [3.63, 3.8) is 0 Å². The van der Waals surface area contributed by atoms with E-state index in [1.807, 2.05) is 25.1 Å². The molecule has 0 amide bonds. The van der Waals surface area contributed by atoms with Crippen LogP contribution in [-0.2, 0) is 4.74 Å². The zero-order chi connectivity index (χ0) is 12.8. The molecule has 0 aliphatic carbocycles. The van der Waals surface area contributed by atoms with Crippen LogP contribution in [0.3, 0.4) is 0 Å². The van der Waals surface area contributed by atoms with Crippen LogP contribution < -0.4 is 5.32 Å². The van der Waals surface area contributed by atoms with Gasteiger partial charge in [-0.2, -0.15) is 0 Å². The lowest BCUT2D eigenvalue weighted by atomic mass is 10.1. The predicted molar refractivity (Wildman–Crippen MR) is 73.9 cm³/mol. The Hall–Kier alpha value is -1.13. The molecular weight excluding hydrogens is 226 g/mol. The Morgan fingerprint density at radius 2 is 2.39 bits per heavy atom. The van der Waals surface area contributed by atoms with Crippen LogP contribution in [0.2, 0.25) is 0 Å². The molecule has 2 heterocycles. The number of nitrogens with zero attached hydrogens (tertiary/aromatic N) is 2. The molecule has 4 heteroatoms. The van der Waals surface area contributed by atoms with Gasteiger partial charge in [0.15, 0.2) is 0 Å². The summed E-state index contributed by atoms with van der Waals surface area (Å²) in [6.45, 7) is 7.28. The summed E-state index contributed by atoms with van der Waals surface area (Å²) in [7, 11) is 1.76. The summed E-state index contributed by atoms with van der Waals surface area (Å²) >= 11 is 0. The van der Waals surface area contributed by atoms with Gasteiger partial charge in [-0.15, -0.1) is 0 Å². The van der Waals surface area contributed by atoms with Gasteiger partial charge in [-0.25, -0.2) is 4.98 Å². The highest BCUT2D eigenvalue weighted by atomic mass is 16.5. The number of methoxy groups -OCH3 is 1. The number of ether oxygens (including phenoxy) is 1. The van der Waals surface area contributed by atoms with Crippen LogP contribution >= 0.6 is 0 Å². The maximum absolute atomic E-state index is 5.11. The van der Waals surface area contributed by atoms with E-state index >= 15 is 0 Å². The van der Waals surface area contributed by atoms with E-state index in [2.05, 4.69) is 15.2 Å². The van der Waals surface area contributed by atoms with E-state index in [1.165, 1.54) is 19.5 Å². The van der Waals surface area contributed by atoms with Gasteiger partial charge in [0.05, 0.1) is 6.61 Å². The number of aryl methyl sites for hydroxylation is 1. The van der Waals surface area contributed by atoms with Gasteiger partial charge >= 0.3 is 0 Å². The molecule has 0 radical (unpaired) electrons. The molecule has 2 rings (SSSR count). The fourth-order valence-electron chi connectivity index (χ4n) is 2.39. The quantitative estimate of drug-likeness (QED) is 0.834. The van der Waals surface area contributed by atoms with Crippen LogP contribution in [0.25, 0.3) is 0 Å². The second-order valence-corrected chi connectivity index (χ2v) is 4.99. The summed E-state index contributed by atoms with van der Waals surface area (Å²) in [5.41, 5.74) is 1.06. The van der Waals surface area contributed by atoms with E-state index in [1.54, 1.807) is 7.11 Å². The summed E-state index contributed by atoms with van der Waals surface area (Å²) < 4.78 is 5.11. The van der Waals surface area contributed by atoms with Crippen LogP contribution in [-0.4, -0.2) is 49.8 Å². The van der Waals surface area contributed by atoms with Crippen LogP contribution in [0, 0.1) is 12.8 Å². The number of nitrogens with one attached hydrogen (secondary N) is 1. The van der Waals surface area contributed by atoms with E-state index in [4.69, 9.17) is 4.74 Å². The number of likely N-dealkylation sites (tertiary alicyclic amines) is 1. The van der Waals surface area contributed by atoms with Crippen LogP contribution in [0.4, 0.5) is 5.82 Å². The molecule has 1 aliphatic heterocycles. The molecule has 0 aromatic carbocycles. The van der Waals surface area contributed by atoms with Crippen molar-refractivity contribution in [2.24, 2.45) is 5.92 Å². The second kappa shape index (κ2) is 6.71. The molecule has 4 nitrogen and oxygen atoms in total. The van der Waals surface area contributed by atoms with Gasteiger partial charge in [-0.3, -0.25) is 0 Å². The highest BCUT2D eigenvalue weighted by Gasteiger charge is 2.21. The zero-order valence-electron chi connectivity index (χ0n) is 11.4. The Bertz CT molecular complexity index is 370. The molecule has 1 fully saturated rings. The number of rotatable bonds is 6. The highest BCUT2D eigenvalue weighted by Crippen LogP contribution is 2.16. The van der Waals surface area contributed by atoms with Gasteiger partial charge in [0.2, 0.25) is 0 Å². The Balaban J connectivity index is 1.72. The fraction of sp³-hybridized carbons (Fsp3) is 0.643. The molecule has 1 saturated heterocycles. The maximum Gasteiger partial charge on any atom is 0.126 e. The predicted octanol–water partition coefficient (Wildman–Crippen LogP) is 1.77. The standard InChI is InChI=1S/C14H23N3O/c1-12-4-3-5-14(16-12)15-10-13-6-7-17(11-13)8-9-18-2/h3-5,13H,6-11H2,1-2H3,(H,15,16)/t13-/m0/s1. The molecule has 18 heavy (non-hydrogen) atoms. The van der Waals surface area contributed by atoms with E-state index in [9.17, 15) is 0 Å². The smallest absolute Gasteiger partial charge is 0.126 e. The fourth-order valence-corrected chi connectivity index (χ4v) is 2.39. The average Bonchev–Trinajstić information content (AvgIpc) is 2.82. The van der Waals surface area contributed by atoms with Crippen molar-refractivity contribution >= 4 is 5.82 Å². The summed E-state index contributed by atoms with van der Waals surface area (Å²) in [5, 5.41) is 3.44. The van der Waals surface area contributed by atoms with Gasteiger partial charge in [0.1, 0.15) is 5.82 Å². The van der Waals surface area contributed by atoms with E-state index in [0.717, 1.165) is 37.1 Å². The van der Waals surface area contributed by atoms with Crippen molar-refractivity contribution in [1.82, 2.24) is 9.88 Å². The number of anilines is 1. The van der Waals surface area contributed by atoms with Crippen molar-refractivity contribution in [3.8, 4) is 0 Å². The Morgan fingerprint density at radius 1 is 1.50 bits per heavy atom. The summed E-state index contributed by atoms with van der Waals surface area (Å²) in [6, 6.07) is 6.10. The molecule has 1 aromatic rings. The van der Waals surface area contributed by atoms with Gasteiger partial charge in [-0.1, -0.05) is 6.07 Å². The molecule has 0 saturated carbocycles. The zero-order valence-corrected chi connectivity index (χ0v) is 11.4.